The first-order valence-electron chi connectivity index (χ1n) is 9.30. The fourth-order valence-electron chi connectivity index (χ4n) is 3.29. The molecule has 0 radical (unpaired) electrons. The number of aromatic nitrogens is 1. The first-order valence-corrected chi connectivity index (χ1v) is 9.30. The van der Waals surface area contributed by atoms with Crippen molar-refractivity contribution in [3.8, 4) is 0 Å². The minimum Gasteiger partial charge on any atom is -0.346 e. The molecule has 0 aliphatic carbocycles. The van der Waals surface area contributed by atoms with E-state index < -0.39 is 0 Å². The number of amides is 1. The topological polar surface area (TPSA) is 37.3 Å². The van der Waals surface area contributed by atoms with Crippen molar-refractivity contribution in [1.82, 2.24) is 9.47 Å². The minimum absolute atomic E-state index is 0.0663. The summed E-state index contributed by atoms with van der Waals surface area (Å²) in [5.74, 6) is -0.0663. The second-order valence-electron chi connectivity index (χ2n) is 6.58. The molecule has 4 nitrogen and oxygen atoms in total. The van der Waals surface area contributed by atoms with Gasteiger partial charge in [0.05, 0.1) is 0 Å². The number of rotatable bonds is 7. The zero-order valence-corrected chi connectivity index (χ0v) is 15.8. The molecule has 3 aromatic rings. The Balaban J connectivity index is 1.74. The number of hydrogen-bond donors (Lipinski definition) is 1. The van der Waals surface area contributed by atoms with Crippen LogP contribution in [0, 0.1) is 6.92 Å². The molecule has 1 aromatic heterocycles. The van der Waals surface area contributed by atoms with Crippen LogP contribution in [0.3, 0.4) is 0 Å². The predicted molar refractivity (Wildman–Crippen MR) is 109 cm³/mol. The standard InChI is InChI=1S/C22H27N3O/c1-4-24(5-2)14-15-25-13-12-18-16-19(10-11-21(18)25)23-22(26)20-9-7-6-8-17(20)3/h6-13,16H,4-5,14-15H2,1-3H3,(H,23,26). The van der Waals surface area contributed by atoms with E-state index in [1.54, 1.807) is 0 Å². The van der Waals surface area contributed by atoms with Gasteiger partial charge in [0.2, 0.25) is 0 Å². The van der Waals surface area contributed by atoms with Gasteiger partial charge in [0.1, 0.15) is 0 Å². The molecule has 2 aromatic carbocycles. The lowest BCUT2D eigenvalue weighted by atomic mass is 10.1. The molecule has 0 saturated carbocycles. The van der Waals surface area contributed by atoms with Gasteiger partial charge in [-0.15, -0.1) is 0 Å². The third-order valence-corrected chi connectivity index (χ3v) is 4.97. The maximum absolute atomic E-state index is 12.5. The van der Waals surface area contributed by atoms with Crippen molar-refractivity contribution in [3.05, 3.63) is 65.9 Å². The van der Waals surface area contributed by atoms with Gasteiger partial charge in [0.25, 0.3) is 5.91 Å². The zero-order valence-electron chi connectivity index (χ0n) is 15.8. The highest BCUT2D eigenvalue weighted by Gasteiger charge is 2.10. The number of hydrogen-bond acceptors (Lipinski definition) is 2. The highest BCUT2D eigenvalue weighted by molar-refractivity contribution is 6.06. The first kappa shape index (κ1) is 18.2. The van der Waals surface area contributed by atoms with Crippen molar-refractivity contribution in [2.24, 2.45) is 0 Å². The van der Waals surface area contributed by atoms with Crippen molar-refractivity contribution < 1.29 is 4.79 Å². The maximum Gasteiger partial charge on any atom is 0.255 e. The molecule has 0 spiro atoms. The van der Waals surface area contributed by atoms with Gasteiger partial charge in [-0.3, -0.25) is 4.79 Å². The number of anilines is 1. The second kappa shape index (κ2) is 8.19. The van der Waals surface area contributed by atoms with Crippen LogP contribution in [-0.2, 0) is 6.54 Å². The number of aryl methyl sites for hydroxylation is 1. The molecule has 1 heterocycles. The molecular weight excluding hydrogens is 322 g/mol. The van der Waals surface area contributed by atoms with E-state index in [2.05, 4.69) is 47.0 Å². The van der Waals surface area contributed by atoms with E-state index in [1.807, 2.05) is 43.3 Å². The summed E-state index contributed by atoms with van der Waals surface area (Å²) >= 11 is 0. The summed E-state index contributed by atoms with van der Waals surface area (Å²) in [6.45, 7) is 10.5. The Hall–Kier alpha value is -2.59. The number of carbonyl (C=O) groups is 1. The summed E-state index contributed by atoms with van der Waals surface area (Å²) in [5.41, 5.74) is 3.72. The fraction of sp³-hybridized carbons (Fsp3) is 0.318. The molecule has 0 bridgehead atoms. The normalized spacial score (nSPS) is 11.2. The molecule has 1 N–H and O–H groups in total. The van der Waals surface area contributed by atoms with E-state index >= 15 is 0 Å². The van der Waals surface area contributed by atoms with Crippen LogP contribution in [0.5, 0.6) is 0 Å². The summed E-state index contributed by atoms with van der Waals surface area (Å²) in [4.78, 5) is 14.9. The Morgan fingerprint density at radius 3 is 2.58 bits per heavy atom. The zero-order chi connectivity index (χ0) is 18.5. The van der Waals surface area contributed by atoms with Gasteiger partial charge in [-0.25, -0.2) is 0 Å². The Morgan fingerprint density at radius 1 is 1.08 bits per heavy atom. The molecule has 136 valence electrons. The summed E-state index contributed by atoms with van der Waals surface area (Å²) in [6.07, 6.45) is 2.13. The van der Waals surface area contributed by atoms with E-state index in [9.17, 15) is 4.79 Å². The van der Waals surface area contributed by atoms with Crippen LogP contribution >= 0.6 is 0 Å². The van der Waals surface area contributed by atoms with Gasteiger partial charge < -0.3 is 14.8 Å². The highest BCUT2D eigenvalue weighted by Crippen LogP contribution is 2.21. The number of carbonyl (C=O) groups excluding carboxylic acids is 1. The van der Waals surface area contributed by atoms with E-state index in [0.29, 0.717) is 5.56 Å². The molecular formula is C22H27N3O. The summed E-state index contributed by atoms with van der Waals surface area (Å²) in [7, 11) is 0. The van der Waals surface area contributed by atoms with Crippen molar-refractivity contribution >= 4 is 22.5 Å². The predicted octanol–water partition coefficient (Wildman–Crippen LogP) is 4.54. The molecule has 0 unspecified atom stereocenters. The van der Waals surface area contributed by atoms with Crippen LogP contribution in [0.1, 0.15) is 29.8 Å². The molecule has 1 amide bonds. The molecule has 0 fully saturated rings. The average Bonchev–Trinajstić information content (AvgIpc) is 3.05. The first-order chi connectivity index (χ1) is 12.6. The van der Waals surface area contributed by atoms with Gasteiger partial charge in [-0.05, 0) is 55.9 Å². The molecule has 0 atom stereocenters. The largest absolute Gasteiger partial charge is 0.346 e. The summed E-state index contributed by atoms with van der Waals surface area (Å²) < 4.78 is 2.28. The molecule has 4 heteroatoms. The number of fused-ring (bicyclic) bond motifs is 1. The third kappa shape index (κ3) is 3.97. The Kier molecular flexibility index (Phi) is 5.74. The van der Waals surface area contributed by atoms with Crippen molar-refractivity contribution in [3.63, 3.8) is 0 Å². The quantitative estimate of drug-likeness (QED) is 0.680. The van der Waals surface area contributed by atoms with Crippen LogP contribution in [0.4, 0.5) is 5.69 Å². The second-order valence-corrected chi connectivity index (χ2v) is 6.58. The van der Waals surface area contributed by atoms with E-state index in [-0.39, 0.29) is 5.91 Å². The van der Waals surface area contributed by atoms with Crippen LogP contribution < -0.4 is 5.32 Å². The lowest BCUT2D eigenvalue weighted by Gasteiger charge is -2.18. The summed E-state index contributed by atoms with van der Waals surface area (Å²) in [6, 6.07) is 15.9. The summed E-state index contributed by atoms with van der Waals surface area (Å²) in [5, 5.41) is 4.16. The van der Waals surface area contributed by atoms with Gasteiger partial charge in [0.15, 0.2) is 0 Å². The lowest BCUT2D eigenvalue weighted by Crippen LogP contribution is -2.26. The van der Waals surface area contributed by atoms with Crippen molar-refractivity contribution in [2.45, 2.75) is 27.3 Å². The molecule has 3 rings (SSSR count). The SMILES string of the molecule is CCN(CC)CCn1ccc2cc(NC(=O)c3ccccc3C)ccc21. The smallest absolute Gasteiger partial charge is 0.255 e. The number of nitrogens with one attached hydrogen (secondary N) is 1. The van der Waals surface area contributed by atoms with Crippen LogP contribution in [0.25, 0.3) is 10.9 Å². The average molecular weight is 349 g/mol. The Bertz CT molecular complexity index is 893. The van der Waals surface area contributed by atoms with Gasteiger partial charge in [-0.2, -0.15) is 0 Å². The third-order valence-electron chi connectivity index (χ3n) is 4.97. The van der Waals surface area contributed by atoms with E-state index in [0.717, 1.165) is 42.8 Å². The fourth-order valence-corrected chi connectivity index (χ4v) is 3.29. The molecule has 0 saturated heterocycles. The van der Waals surface area contributed by atoms with Crippen LogP contribution in [0.2, 0.25) is 0 Å². The number of benzene rings is 2. The molecule has 26 heavy (non-hydrogen) atoms. The Morgan fingerprint density at radius 2 is 1.85 bits per heavy atom. The highest BCUT2D eigenvalue weighted by atomic mass is 16.1. The Labute approximate surface area is 155 Å². The monoisotopic (exact) mass is 349 g/mol. The van der Waals surface area contributed by atoms with Gasteiger partial charge in [0, 0.05) is 41.4 Å². The van der Waals surface area contributed by atoms with Gasteiger partial charge >= 0.3 is 0 Å². The van der Waals surface area contributed by atoms with Crippen molar-refractivity contribution in [2.75, 3.05) is 25.0 Å². The van der Waals surface area contributed by atoms with Crippen molar-refractivity contribution in [1.29, 1.82) is 0 Å². The van der Waals surface area contributed by atoms with E-state index in [4.69, 9.17) is 0 Å². The molecule has 0 aliphatic rings. The maximum atomic E-state index is 12.5. The number of nitrogens with zero attached hydrogens (tertiary/aromatic N) is 2. The van der Waals surface area contributed by atoms with Crippen LogP contribution in [-0.4, -0.2) is 35.0 Å². The molecule has 0 aliphatic heterocycles. The minimum atomic E-state index is -0.0663. The van der Waals surface area contributed by atoms with E-state index in [1.165, 1.54) is 5.52 Å². The van der Waals surface area contributed by atoms with Crippen LogP contribution in [0.15, 0.2) is 54.7 Å². The van der Waals surface area contributed by atoms with Gasteiger partial charge in [-0.1, -0.05) is 32.0 Å². The number of likely N-dealkylation sites (N-methyl/N-ethyl adjacent to an activating group) is 1. The lowest BCUT2D eigenvalue weighted by molar-refractivity contribution is 0.102.